The van der Waals surface area contributed by atoms with Gasteiger partial charge >= 0.3 is 0 Å². The number of carbonyl (C=O) groups is 2. The average molecular weight is 333 g/mol. The summed E-state index contributed by atoms with van der Waals surface area (Å²) < 4.78 is 1.48. The van der Waals surface area contributed by atoms with Crippen LogP contribution in [0.4, 0.5) is 5.82 Å². The summed E-state index contributed by atoms with van der Waals surface area (Å²) in [5, 5.41) is 7.26. The van der Waals surface area contributed by atoms with Crippen molar-refractivity contribution in [3.63, 3.8) is 0 Å². The predicted octanol–water partition coefficient (Wildman–Crippen LogP) is 2.28. The molecule has 1 atom stereocenters. The van der Waals surface area contributed by atoms with E-state index in [-0.39, 0.29) is 18.1 Å². The van der Waals surface area contributed by atoms with Gasteiger partial charge in [-0.25, -0.2) is 9.97 Å². The molecule has 1 aromatic carbocycles. The van der Waals surface area contributed by atoms with Gasteiger partial charge in [0.15, 0.2) is 5.78 Å². The van der Waals surface area contributed by atoms with Gasteiger partial charge in [0.1, 0.15) is 5.82 Å². The lowest BCUT2D eigenvalue weighted by Gasteiger charge is -2.22. The molecule has 0 spiro atoms. The quantitative estimate of drug-likeness (QED) is 0.743. The van der Waals surface area contributed by atoms with Crippen molar-refractivity contribution in [3.8, 4) is 5.95 Å². The Kier molecular flexibility index (Phi) is 3.61. The summed E-state index contributed by atoms with van der Waals surface area (Å²) in [4.78, 5) is 33.5. The number of aromatic nitrogens is 4. The Bertz CT molecular complexity index is 950. The first-order valence-electron chi connectivity index (χ1n) is 7.91. The fourth-order valence-electron chi connectivity index (χ4n) is 3.12. The lowest BCUT2D eigenvalue weighted by Crippen LogP contribution is -2.28. The maximum Gasteiger partial charge on any atom is 0.252 e. The third-order valence-corrected chi connectivity index (χ3v) is 4.22. The molecular formula is C18H15N5O2. The monoisotopic (exact) mass is 333 g/mol. The van der Waals surface area contributed by atoms with E-state index in [4.69, 9.17) is 0 Å². The first-order valence-corrected chi connectivity index (χ1v) is 7.91. The molecule has 3 aromatic rings. The van der Waals surface area contributed by atoms with Crippen molar-refractivity contribution in [1.82, 2.24) is 19.7 Å². The van der Waals surface area contributed by atoms with Crippen molar-refractivity contribution in [2.75, 3.05) is 5.32 Å². The number of anilines is 1. The highest BCUT2D eigenvalue weighted by atomic mass is 16.2. The van der Waals surface area contributed by atoms with Crippen molar-refractivity contribution in [2.24, 2.45) is 0 Å². The van der Waals surface area contributed by atoms with Gasteiger partial charge in [0.25, 0.3) is 5.95 Å². The second kappa shape index (κ2) is 5.94. The van der Waals surface area contributed by atoms with Crippen LogP contribution in [0, 0.1) is 6.92 Å². The predicted molar refractivity (Wildman–Crippen MR) is 90.7 cm³/mol. The minimum Gasteiger partial charge on any atom is -0.310 e. The highest BCUT2D eigenvalue weighted by Gasteiger charge is 2.36. The summed E-state index contributed by atoms with van der Waals surface area (Å²) >= 11 is 0. The Balaban J connectivity index is 1.83. The van der Waals surface area contributed by atoms with Gasteiger partial charge in [-0.05, 0) is 13.0 Å². The number of nitrogens with one attached hydrogen (secondary N) is 1. The fraction of sp³-hybridized carbons (Fsp3) is 0.167. The van der Waals surface area contributed by atoms with Crippen LogP contribution in [0.25, 0.3) is 5.95 Å². The number of carbonyl (C=O) groups excluding carboxylic acids is 2. The zero-order chi connectivity index (χ0) is 17.4. The summed E-state index contributed by atoms with van der Waals surface area (Å²) in [5.41, 5.74) is 1.98. The molecule has 7 nitrogen and oxygen atoms in total. The molecule has 1 amide bonds. The summed E-state index contributed by atoms with van der Waals surface area (Å²) in [6, 6.07) is 10.7. The van der Waals surface area contributed by atoms with Crippen LogP contribution in [0.5, 0.6) is 0 Å². The zero-order valence-electron chi connectivity index (χ0n) is 13.5. The van der Waals surface area contributed by atoms with Gasteiger partial charge in [-0.15, -0.1) is 0 Å². The van der Waals surface area contributed by atoms with E-state index in [9.17, 15) is 9.59 Å². The topological polar surface area (TPSA) is 89.8 Å². The first-order chi connectivity index (χ1) is 12.1. The van der Waals surface area contributed by atoms with Crippen molar-refractivity contribution in [3.05, 3.63) is 65.6 Å². The number of hydrogen-bond donors (Lipinski definition) is 1. The van der Waals surface area contributed by atoms with E-state index in [0.717, 1.165) is 5.56 Å². The third-order valence-electron chi connectivity index (χ3n) is 4.22. The highest BCUT2D eigenvalue weighted by Crippen LogP contribution is 2.37. The Labute approximate surface area is 143 Å². The Morgan fingerprint density at radius 2 is 1.88 bits per heavy atom. The van der Waals surface area contributed by atoms with Crippen LogP contribution in [0.3, 0.4) is 0 Å². The number of amides is 1. The molecule has 1 aliphatic rings. The van der Waals surface area contributed by atoms with Crippen molar-refractivity contribution in [2.45, 2.75) is 19.3 Å². The molecule has 25 heavy (non-hydrogen) atoms. The number of aryl methyl sites for hydroxylation is 1. The van der Waals surface area contributed by atoms with Crippen LogP contribution in [0.2, 0.25) is 0 Å². The Morgan fingerprint density at radius 3 is 2.60 bits per heavy atom. The molecule has 0 aliphatic carbocycles. The molecule has 124 valence electrons. The van der Waals surface area contributed by atoms with Crippen LogP contribution >= 0.6 is 0 Å². The lowest BCUT2D eigenvalue weighted by molar-refractivity contribution is -0.116. The van der Waals surface area contributed by atoms with Gasteiger partial charge in [0, 0.05) is 29.9 Å². The van der Waals surface area contributed by atoms with Crippen LogP contribution < -0.4 is 5.32 Å². The SMILES string of the molecule is Cc1nn(-c2ncccn2)c2c1[C@H](C(=O)c1ccccc1)CC(=O)N2. The third kappa shape index (κ3) is 2.59. The number of rotatable bonds is 3. The molecule has 0 unspecified atom stereocenters. The molecule has 4 rings (SSSR count). The van der Waals surface area contributed by atoms with Crippen LogP contribution in [0.15, 0.2) is 48.8 Å². The van der Waals surface area contributed by atoms with Crippen molar-refractivity contribution < 1.29 is 9.59 Å². The normalized spacial score (nSPS) is 16.2. The van der Waals surface area contributed by atoms with E-state index in [1.165, 1.54) is 4.68 Å². The molecule has 0 saturated heterocycles. The van der Waals surface area contributed by atoms with E-state index in [1.54, 1.807) is 30.6 Å². The minimum absolute atomic E-state index is 0.0895. The minimum atomic E-state index is -0.566. The van der Waals surface area contributed by atoms with Crippen LogP contribution in [-0.2, 0) is 4.79 Å². The van der Waals surface area contributed by atoms with E-state index < -0.39 is 5.92 Å². The standard InChI is InChI=1S/C18H15N5O2/c1-11-15-13(16(25)12-6-3-2-4-7-12)10-14(24)21-17(15)23(22-11)18-19-8-5-9-20-18/h2-9,13H,10H2,1H3,(H,21,24)/t13-/m1/s1. The molecule has 2 aromatic heterocycles. The lowest BCUT2D eigenvalue weighted by atomic mass is 9.85. The second-order valence-electron chi connectivity index (χ2n) is 5.84. The van der Waals surface area contributed by atoms with Gasteiger partial charge in [0.2, 0.25) is 5.91 Å². The second-order valence-corrected chi connectivity index (χ2v) is 5.84. The van der Waals surface area contributed by atoms with Gasteiger partial charge < -0.3 is 5.32 Å². The fourth-order valence-corrected chi connectivity index (χ4v) is 3.12. The van der Waals surface area contributed by atoms with Gasteiger partial charge in [-0.3, -0.25) is 9.59 Å². The highest BCUT2D eigenvalue weighted by molar-refractivity contribution is 6.07. The summed E-state index contributed by atoms with van der Waals surface area (Å²) in [5.74, 6) is -0.0648. The van der Waals surface area contributed by atoms with Gasteiger partial charge in [-0.2, -0.15) is 9.78 Å². The van der Waals surface area contributed by atoms with Crippen molar-refractivity contribution >= 4 is 17.5 Å². The largest absolute Gasteiger partial charge is 0.310 e. The van der Waals surface area contributed by atoms with E-state index in [1.807, 2.05) is 25.1 Å². The number of benzene rings is 1. The molecule has 0 saturated carbocycles. The van der Waals surface area contributed by atoms with E-state index in [2.05, 4.69) is 20.4 Å². The molecule has 3 heterocycles. The zero-order valence-corrected chi connectivity index (χ0v) is 13.5. The molecule has 7 heteroatoms. The molecule has 0 radical (unpaired) electrons. The molecule has 0 fully saturated rings. The van der Waals surface area contributed by atoms with E-state index in [0.29, 0.717) is 23.0 Å². The number of Topliss-reactive ketones (excluding diaryl/α,β-unsaturated/α-hetero) is 1. The molecular weight excluding hydrogens is 318 g/mol. The van der Waals surface area contributed by atoms with Gasteiger partial charge in [-0.1, -0.05) is 30.3 Å². The van der Waals surface area contributed by atoms with Crippen molar-refractivity contribution in [1.29, 1.82) is 0 Å². The first kappa shape index (κ1) is 15.2. The smallest absolute Gasteiger partial charge is 0.252 e. The maximum atomic E-state index is 13.0. The van der Waals surface area contributed by atoms with Gasteiger partial charge in [0.05, 0.1) is 11.6 Å². The molecule has 1 N–H and O–H groups in total. The Hall–Kier alpha value is -3.35. The number of fused-ring (bicyclic) bond motifs is 1. The number of hydrogen-bond acceptors (Lipinski definition) is 5. The van der Waals surface area contributed by atoms with Crippen LogP contribution in [0.1, 0.15) is 34.0 Å². The number of ketones is 1. The maximum absolute atomic E-state index is 13.0. The number of nitrogens with zero attached hydrogens (tertiary/aromatic N) is 4. The molecule has 1 aliphatic heterocycles. The summed E-state index contributed by atoms with van der Waals surface area (Å²) in [6.45, 7) is 1.82. The van der Waals surface area contributed by atoms with E-state index >= 15 is 0 Å². The molecule has 0 bridgehead atoms. The Morgan fingerprint density at radius 1 is 1.16 bits per heavy atom. The summed E-state index contributed by atoms with van der Waals surface area (Å²) in [7, 11) is 0. The summed E-state index contributed by atoms with van der Waals surface area (Å²) in [6.07, 6.45) is 3.30. The van der Waals surface area contributed by atoms with Crippen LogP contribution in [-0.4, -0.2) is 31.4 Å². The average Bonchev–Trinajstić information content (AvgIpc) is 2.98.